The Bertz CT molecular complexity index is 62.7. The minimum Gasteiger partial charge on any atom is -0.465 e. The van der Waals surface area contributed by atoms with Gasteiger partial charge in [-0.15, -0.1) is 0 Å². The van der Waals surface area contributed by atoms with Crippen molar-refractivity contribution in [3.63, 3.8) is 0 Å². The van der Waals surface area contributed by atoms with Crippen LogP contribution in [-0.4, -0.2) is 19.1 Å². The van der Waals surface area contributed by atoms with Crippen LogP contribution in [0.15, 0.2) is 0 Å². The number of hydrogen-bond donors (Lipinski definition) is 1. The highest BCUT2D eigenvalue weighted by Gasteiger charge is 1.91. The van der Waals surface area contributed by atoms with E-state index in [1.807, 2.05) is 0 Å². The fourth-order valence-corrected chi connectivity index (χ4v) is 0.220. The molecule has 0 bridgehead atoms. The minimum atomic E-state index is -0.345. The number of rotatable bonds is 2. The minimum absolute atomic E-state index is 0.0200. The van der Waals surface area contributed by atoms with Crippen molar-refractivity contribution in [1.29, 1.82) is 0 Å². The van der Waals surface area contributed by atoms with E-state index in [4.69, 9.17) is 5.73 Å². The Morgan fingerprint density at radius 3 is 2.57 bits per heavy atom. The van der Waals surface area contributed by atoms with Gasteiger partial charge in [-0.2, -0.15) is 0 Å². The fraction of sp³-hybridized carbons (Fsp3) is 0.750. The second-order valence-electron chi connectivity index (χ2n) is 1.01. The largest absolute Gasteiger partial charge is 0.465 e. The quantitative estimate of drug-likeness (QED) is 0.293. The highest BCUT2D eigenvalue weighted by atomic mass is 16.6. The Morgan fingerprint density at radius 1 is 1.86 bits per heavy atom. The highest BCUT2D eigenvalue weighted by molar-refractivity contribution is 5.71. The van der Waals surface area contributed by atoms with Gasteiger partial charge in [-0.25, -0.2) is 0 Å². The monoisotopic (exact) mass is 106 g/mol. The lowest BCUT2D eigenvalue weighted by Gasteiger charge is -1.93. The predicted molar refractivity (Wildman–Crippen MR) is 25.7 cm³/mol. The number of carbonyl (C=O) groups is 1. The summed E-state index contributed by atoms with van der Waals surface area (Å²) < 4.78 is 4.43. The van der Waals surface area contributed by atoms with Crippen LogP contribution in [0, 0.1) is 0 Å². The smallest absolute Gasteiger partial charge is 0.319 e. The number of ether oxygens (including phenoxy) is 1. The lowest BCUT2D eigenvalue weighted by molar-refractivity contribution is -0.141. The summed E-state index contributed by atoms with van der Waals surface area (Å²) in [6.45, 7) is 2.14. The van der Waals surface area contributed by atoms with Crippen molar-refractivity contribution in [3.05, 3.63) is 0 Å². The van der Waals surface area contributed by atoms with E-state index >= 15 is 0 Å². The first-order valence-electron chi connectivity index (χ1n) is 2.17. The highest BCUT2D eigenvalue weighted by Crippen LogP contribution is 1.69. The first-order valence-corrected chi connectivity index (χ1v) is 2.17. The first kappa shape index (κ1) is 6.43. The summed E-state index contributed by atoms with van der Waals surface area (Å²) in [4.78, 5) is 10.1. The van der Waals surface area contributed by atoms with Crippen LogP contribution in [0.4, 0.5) is 0 Å². The van der Waals surface area contributed by atoms with Gasteiger partial charge in [0.25, 0.3) is 0 Å². The van der Waals surface area contributed by atoms with E-state index in [1.54, 1.807) is 6.92 Å². The molecule has 0 aliphatic heterocycles. The molecular formula is C4H9NO2. The Balaban J connectivity index is 3.00. The molecule has 0 radical (unpaired) electrons. The van der Waals surface area contributed by atoms with Crippen LogP contribution in [0.1, 0.15) is 6.92 Å². The molecule has 0 saturated carbocycles. The topological polar surface area (TPSA) is 52.3 Å². The van der Waals surface area contributed by atoms with E-state index in [1.165, 1.54) is 0 Å². The van der Waals surface area contributed by atoms with Crippen molar-refractivity contribution in [2.24, 2.45) is 5.73 Å². The maximum Gasteiger partial charge on any atom is 0.319 e. The van der Waals surface area contributed by atoms with E-state index in [0.717, 1.165) is 0 Å². The third kappa shape index (κ3) is 3.26. The number of hydrogen-bond acceptors (Lipinski definition) is 3. The van der Waals surface area contributed by atoms with Crippen LogP contribution in [0.3, 0.4) is 0 Å². The Kier molecular flexibility index (Phi) is 3.32. The molecule has 0 aromatic heterocycles. The van der Waals surface area contributed by atoms with Crippen LogP contribution < -0.4 is 5.73 Å². The Morgan fingerprint density at radius 2 is 2.43 bits per heavy atom. The molecule has 7 heavy (non-hydrogen) atoms. The molecule has 0 unspecified atom stereocenters. The van der Waals surface area contributed by atoms with E-state index in [-0.39, 0.29) is 12.5 Å². The molecule has 0 fully saturated rings. The van der Waals surface area contributed by atoms with Gasteiger partial charge in [0.2, 0.25) is 0 Å². The van der Waals surface area contributed by atoms with Crippen LogP contribution in [0.25, 0.3) is 0 Å². The molecule has 3 nitrogen and oxygen atoms in total. The average Bonchev–Trinajstić information content (AvgIpc) is 1.68. The molecule has 0 aromatic carbocycles. The fourth-order valence-electron chi connectivity index (χ4n) is 0.220. The van der Waals surface area contributed by atoms with Crippen molar-refractivity contribution in [2.75, 3.05) is 13.2 Å². The van der Waals surface area contributed by atoms with Gasteiger partial charge >= 0.3 is 5.97 Å². The van der Waals surface area contributed by atoms with Crippen LogP contribution in [0.2, 0.25) is 0 Å². The summed E-state index contributed by atoms with van der Waals surface area (Å²) in [7, 11) is 0. The standard InChI is InChI=1S/C4H9NO2/c1-2-7-4(6)3-5/h2-3,5H2,1H3/i3+1,4+1,5+1. The van der Waals surface area contributed by atoms with Gasteiger partial charge in [-0.05, 0) is 6.92 Å². The SMILES string of the molecule is CCO[13C](=O)[13CH2][15NH2]. The van der Waals surface area contributed by atoms with Gasteiger partial charge in [0.05, 0.1) is 13.2 Å². The Hall–Kier alpha value is -0.570. The number of nitrogens with two attached hydrogens (primary N) is 1. The molecule has 0 aliphatic rings. The molecule has 0 atom stereocenters. The van der Waals surface area contributed by atoms with E-state index in [2.05, 4.69) is 4.74 Å². The molecule has 0 amide bonds. The van der Waals surface area contributed by atoms with Crippen LogP contribution in [0.5, 0.6) is 0 Å². The summed E-state index contributed by atoms with van der Waals surface area (Å²) in [5.41, 5.74) is 4.88. The summed E-state index contributed by atoms with van der Waals surface area (Å²) >= 11 is 0. The summed E-state index contributed by atoms with van der Waals surface area (Å²) in [6.07, 6.45) is 0. The van der Waals surface area contributed by atoms with Crippen LogP contribution in [-0.2, 0) is 9.53 Å². The zero-order valence-electron chi connectivity index (χ0n) is 4.31. The molecule has 2 N–H and O–H groups in total. The van der Waals surface area contributed by atoms with Gasteiger partial charge in [0, 0.05) is 0 Å². The molecule has 0 saturated heterocycles. The van der Waals surface area contributed by atoms with Crippen molar-refractivity contribution < 1.29 is 9.53 Å². The van der Waals surface area contributed by atoms with Crippen molar-refractivity contribution in [3.8, 4) is 0 Å². The van der Waals surface area contributed by atoms with Gasteiger partial charge < -0.3 is 10.5 Å². The van der Waals surface area contributed by atoms with Gasteiger partial charge in [0.1, 0.15) is 0 Å². The molecule has 42 valence electrons. The normalized spacial score (nSPS) is 8.29. The molecule has 0 spiro atoms. The third-order valence-electron chi connectivity index (χ3n) is 0.472. The number of carbonyl (C=O) groups excluding carboxylic acids is 1. The lowest BCUT2D eigenvalue weighted by Crippen LogP contribution is -2.16. The third-order valence-corrected chi connectivity index (χ3v) is 0.472. The average molecular weight is 106 g/mol. The molecule has 0 rings (SSSR count). The second-order valence-corrected chi connectivity index (χ2v) is 1.01. The summed E-state index contributed by atoms with van der Waals surface area (Å²) in [6, 6.07) is 0. The molecular weight excluding hydrogens is 97.0 g/mol. The van der Waals surface area contributed by atoms with Gasteiger partial charge in [0.15, 0.2) is 0 Å². The molecule has 0 aromatic rings. The van der Waals surface area contributed by atoms with E-state index in [0.29, 0.717) is 6.61 Å². The number of esters is 1. The van der Waals surface area contributed by atoms with E-state index in [9.17, 15) is 4.79 Å². The molecule has 3 heteroatoms. The Labute approximate surface area is 42.4 Å². The van der Waals surface area contributed by atoms with Crippen molar-refractivity contribution in [1.82, 2.24) is 0 Å². The molecule has 0 heterocycles. The zero-order valence-corrected chi connectivity index (χ0v) is 4.31. The maximum absolute atomic E-state index is 10.1. The summed E-state index contributed by atoms with van der Waals surface area (Å²) in [5, 5.41) is 0. The van der Waals surface area contributed by atoms with Crippen molar-refractivity contribution >= 4 is 5.97 Å². The zero-order chi connectivity index (χ0) is 5.70. The lowest BCUT2D eigenvalue weighted by atomic mass is 10.9. The van der Waals surface area contributed by atoms with Crippen molar-refractivity contribution in [2.45, 2.75) is 6.92 Å². The van der Waals surface area contributed by atoms with Gasteiger partial charge in [-0.3, -0.25) is 4.79 Å². The molecule has 0 aliphatic carbocycles. The predicted octanol–water partition coefficient (Wildman–Crippen LogP) is -0.492. The summed E-state index contributed by atoms with van der Waals surface area (Å²) in [5.74, 6) is -0.345. The van der Waals surface area contributed by atoms with E-state index < -0.39 is 0 Å². The van der Waals surface area contributed by atoms with Gasteiger partial charge in [-0.1, -0.05) is 0 Å². The maximum atomic E-state index is 10.1. The van der Waals surface area contributed by atoms with Crippen LogP contribution >= 0.6 is 0 Å². The first-order chi connectivity index (χ1) is 3.31. The second kappa shape index (κ2) is 3.61.